The predicted molar refractivity (Wildman–Crippen MR) is 77.0 cm³/mol. The molecular weight excluding hydrogens is 305 g/mol. The van der Waals surface area contributed by atoms with Gasteiger partial charge in [-0.2, -0.15) is 13.2 Å². The van der Waals surface area contributed by atoms with E-state index in [0.29, 0.717) is 0 Å². The summed E-state index contributed by atoms with van der Waals surface area (Å²) in [4.78, 5) is 11.4. The maximum absolute atomic E-state index is 12.6. The molecule has 0 bridgehead atoms. The Morgan fingerprint density at radius 3 is 2.52 bits per heavy atom. The van der Waals surface area contributed by atoms with E-state index in [1.165, 1.54) is 0 Å². The average Bonchev–Trinajstić information content (AvgIpc) is 2.35. The molecule has 1 aromatic carbocycles. The van der Waals surface area contributed by atoms with Gasteiger partial charge in [-0.05, 0) is 32.0 Å². The van der Waals surface area contributed by atoms with Crippen LogP contribution in [0.1, 0.15) is 25.0 Å². The molecule has 1 aromatic rings. The molecule has 0 saturated heterocycles. The van der Waals surface area contributed by atoms with Crippen molar-refractivity contribution < 1.29 is 22.7 Å². The molecular formula is C13H15F3N2O2S. The van der Waals surface area contributed by atoms with Crippen LogP contribution in [0.4, 0.5) is 18.9 Å². The summed E-state index contributed by atoms with van der Waals surface area (Å²) in [6, 6.07) is 2.77. The standard InChI is InChI=1S/C13H15F3N2O2S/c1-7(2)20-6-11(19)18-10-4-3-8(13(14,15)16)5-9(10)12(17)21/h3-5,7H,6H2,1-2H3,(H2,17,21)(H,18,19). The van der Waals surface area contributed by atoms with Crippen LogP contribution in [0.25, 0.3) is 0 Å². The highest BCUT2D eigenvalue weighted by Gasteiger charge is 2.31. The highest BCUT2D eigenvalue weighted by atomic mass is 32.1. The minimum absolute atomic E-state index is 0.0438. The molecule has 0 aliphatic rings. The van der Waals surface area contributed by atoms with E-state index in [4.69, 9.17) is 22.7 Å². The van der Waals surface area contributed by atoms with Gasteiger partial charge in [0.1, 0.15) is 11.6 Å². The summed E-state index contributed by atoms with van der Waals surface area (Å²) in [5.41, 5.74) is 4.59. The second-order valence-corrected chi connectivity index (χ2v) is 4.97. The van der Waals surface area contributed by atoms with Crippen molar-refractivity contribution in [2.45, 2.75) is 26.1 Å². The molecule has 0 spiro atoms. The Hall–Kier alpha value is -1.67. The number of benzene rings is 1. The Kier molecular flexibility index (Phi) is 5.68. The first kappa shape index (κ1) is 17.4. The van der Waals surface area contributed by atoms with Gasteiger partial charge in [0, 0.05) is 5.56 Å². The lowest BCUT2D eigenvalue weighted by Crippen LogP contribution is -2.23. The highest BCUT2D eigenvalue weighted by molar-refractivity contribution is 7.80. The zero-order valence-corrected chi connectivity index (χ0v) is 12.3. The van der Waals surface area contributed by atoms with Gasteiger partial charge in [-0.15, -0.1) is 0 Å². The maximum atomic E-state index is 12.6. The zero-order valence-electron chi connectivity index (χ0n) is 11.5. The van der Waals surface area contributed by atoms with E-state index < -0.39 is 17.6 Å². The Morgan fingerprint density at radius 1 is 1.43 bits per heavy atom. The number of rotatable bonds is 5. The summed E-state index contributed by atoms with van der Waals surface area (Å²) >= 11 is 4.72. The summed E-state index contributed by atoms with van der Waals surface area (Å²) < 4.78 is 43.0. The predicted octanol–water partition coefficient (Wildman–Crippen LogP) is 2.70. The van der Waals surface area contributed by atoms with Gasteiger partial charge in [0.2, 0.25) is 5.91 Å². The fourth-order valence-corrected chi connectivity index (χ4v) is 1.63. The van der Waals surface area contributed by atoms with Crippen LogP contribution in [0.3, 0.4) is 0 Å². The Bertz CT molecular complexity index is 545. The van der Waals surface area contributed by atoms with Gasteiger partial charge in [0.05, 0.1) is 17.4 Å². The van der Waals surface area contributed by atoms with Crippen molar-refractivity contribution in [2.24, 2.45) is 5.73 Å². The number of ether oxygens (including phenoxy) is 1. The van der Waals surface area contributed by atoms with Gasteiger partial charge in [-0.3, -0.25) is 4.79 Å². The topological polar surface area (TPSA) is 64.3 Å². The molecule has 0 saturated carbocycles. The molecule has 8 heteroatoms. The van der Waals surface area contributed by atoms with Crippen LogP contribution in [-0.2, 0) is 15.7 Å². The molecule has 0 aliphatic carbocycles. The number of hydrogen-bond donors (Lipinski definition) is 2. The number of thiocarbonyl (C=S) groups is 1. The molecule has 4 nitrogen and oxygen atoms in total. The lowest BCUT2D eigenvalue weighted by Gasteiger charge is -2.14. The molecule has 1 rings (SSSR count). The van der Waals surface area contributed by atoms with Crippen LogP contribution in [0.15, 0.2) is 18.2 Å². The summed E-state index contributed by atoms with van der Waals surface area (Å²) in [6.07, 6.45) is -4.65. The normalized spacial score (nSPS) is 11.5. The number of amides is 1. The van der Waals surface area contributed by atoms with Crippen LogP contribution < -0.4 is 11.1 Å². The number of halogens is 3. The molecule has 21 heavy (non-hydrogen) atoms. The minimum atomic E-state index is -4.51. The summed E-state index contributed by atoms with van der Waals surface area (Å²) in [5, 5.41) is 2.43. The first-order chi connectivity index (χ1) is 9.61. The second-order valence-electron chi connectivity index (χ2n) is 4.53. The Morgan fingerprint density at radius 2 is 2.05 bits per heavy atom. The number of alkyl halides is 3. The van der Waals surface area contributed by atoms with Gasteiger partial charge in [-0.25, -0.2) is 0 Å². The van der Waals surface area contributed by atoms with Crippen molar-refractivity contribution in [3.63, 3.8) is 0 Å². The fraction of sp³-hybridized carbons (Fsp3) is 0.385. The van der Waals surface area contributed by atoms with Crippen molar-refractivity contribution in [3.05, 3.63) is 29.3 Å². The second kappa shape index (κ2) is 6.86. The summed E-state index contributed by atoms with van der Waals surface area (Å²) in [7, 11) is 0. The average molecular weight is 320 g/mol. The van der Waals surface area contributed by atoms with E-state index in [1.54, 1.807) is 13.8 Å². The third-order valence-corrected chi connectivity index (χ3v) is 2.65. The molecule has 3 N–H and O–H groups in total. The van der Waals surface area contributed by atoms with Gasteiger partial charge in [0.15, 0.2) is 0 Å². The maximum Gasteiger partial charge on any atom is 0.416 e. The first-order valence-corrected chi connectivity index (χ1v) is 6.44. The van der Waals surface area contributed by atoms with Crippen molar-refractivity contribution in [2.75, 3.05) is 11.9 Å². The molecule has 0 unspecified atom stereocenters. The zero-order chi connectivity index (χ0) is 16.2. The molecule has 0 heterocycles. The minimum Gasteiger partial charge on any atom is -0.389 e. The number of hydrogen-bond acceptors (Lipinski definition) is 3. The van der Waals surface area contributed by atoms with E-state index in [2.05, 4.69) is 5.32 Å². The van der Waals surface area contributed by atoms with Crippen molar-refractivity contribution >= 4 is 28.8 Å². The number of carbonyl (C=O) groups excluding carboxylic acids is 1. The first-order valence-electron chi connectivity index (χ1n) is 6.03. The molecule has 0 aromatic heterocycles. The van der Waals surface area contributed by atoms with Gasteiger partial charge >= 0.3 is 6.18 Å². The van der Waals surface area contributed by atoms with Crippen LogP contribution in [0, 0.1) is 0 Å². The van der Waals surface area contributed by atoms with Crippen LogP contribution in [0.5, 0.6) is 0 Å². The monoisotopic (exact) mass is 320 g/mol. The molecule has 116 valence electrons. The van der Waals surface area contributed by atoms with Gasteiger partial charge in [0.25, 0.3) is 0 Å². The van der Waals surface area contributed by atoms with E-state index in [1.807, 2.05) is 0 Å². The molecule has 0 radical (unpaired) electrons. The lowest BCUT2D eigenvalue weighted by atomic mass is 10.1. The van der Waals surface area contributed by atoms with E-state index in [0.717, 1.165) is 18.2 Å². The molecule has 0 fully saturated rings. The van der Waals surface area contributed by atoms with Crippen LogP contribution in [-0.4, -0.2) is 23.6 Å². The Labute approximate surface area is 125 Å². The quantitative estimate of drug-likeness (QED) is 0.819. The molecule has 0 atom stereocenters. The van der Waals surface area contributed by atoms with E-state index in [9.17, 15) is 18.0 Å². The van der Waals surface area contributed by atoms with E-state index >= 15 is 0 Å². The SMILES string of the molecule is CC(C)OCC(=O)Nc1ccc(C(F)(F)F)cc1C(N)=S. The number of carbonyl (C=O) groups is 1. The van der Waals surface area contributed by atoms with Crippen molar-refractivity contribution in [3.8, 4) is 0 Å². The largest absolute Gasteiger partial charge is 0.416 e. The summed E-state index contributed by atoms with van der Waals surface area (Å²) in [5.74, 6) is -0.499. The van der Waals surface area contributed by atoms with Gasteiger partial charge < -0.3 is 15.8 Å². The van der Waals surface area contributed by atoms with Crippen LogP contribution in [0.2, 0.25) is 0 Å². The highest BCUT2D eigenvalue weighted by Crippen LogP contribution is 2.31. The van der Waals surface area contributed by atoms with Crippen molar-refractivity contribution in [1.29, 1.82) is 0 Å². The number of anilines is 1. The number of nitrogens with two attached hydrogens (primary N) is 1. The van der Waals surface area contributed by atoms with Gasteiger partial charge in [-0.1, -0.05) is 12.2 Å². The molecule has 1 amide bonds. The van der Waals surface area contributed by atoms with E-state index in [-0.39, 0.29) is 29.0 Å². The lowest BCUT2D eigenvalue weighted by molar-refractivity contribution is -0.137. The third-order valence-electron chi connectivity index (χ3n) is 2.43. The van der Waals surface area contributed by atoms with Crippen LogP contribution >= 0.6 is 12.2 Å². The summed E-state index contributed by atoms with van der Waals surface area (Å²) in [6.45, 7) is 3.30. The third kappa shape index (κ3) is 5.31. The smallest absolute Gasteiger partial charge is 0.389 e. The number of nitrogens with one attached hydrogen (secondary N) is 1. The fourth-order valence-electron chi connectivity index (χ4n) is 1.46. The van der Waals surface area contributed by atoms with Crippen molar-refractivity contribution in [1.82, 2.24) is 0 Å². The Balaban J connectivity index is 2.97. The molecule has 0 aliphatic heterocycles.